The van der Waals surface area contributed by atoms with Crippen LogP contribution in [0.3, 0.4) is 0 Å². The second-order valence-corrected chi connectivity index (χ2v) is 10.4. The van der Waals surface area contributed by atoms with Crippen molar-refractivity contribution in [1.82, 2.24) is 0 Å². The van der Waals surface area contributed by atoms with Crippen LogP contribution in [0.2, 0.25) is 0 Å². The van der Waals surface area contributed by atoms with E-state index in [9.17, 15) is 4.39 Å². The Balaban J connectivity index is 1.38. The van der Waals surface area contributed by atoms with Crippen molar-refractivity contribution >= 4 is 10.8 Å². The summed E-state index contributed by atoms with van der Waals surface area (Å²) in [5.74, 6) is 3.39. The van der Waals surface area contributed by atoms with Gasteiger partial charge >= 0.3 is 0 Å². The van der Waals surface area contributed by atoms with Crippen molar-refractivity contribution in [2.45, 2.75) is 96.3 Å². The Labute approximate surface area is 189 Å². The number of hydrogen-bond donors (Lipinski definition) is 0. The van der Waals surface area contributed by atoms with Crippen molar-refractivity contribution in [2.24, 2.45) is 17.8 Å². The zero-order valence-electron chi connectivity index (χ0n) is 19.6. The van der Waals surface area contributed by atoms with Crippen LogP contribution in [0, 0.1) is 23.6 Å². The fourth-order valence-corrected chi connectivity index (χ4v) is 6.47. The van der Waals surface area contributed by atoms with E-state index in [1.54, 1.807) is 6.07 Å². The lowest BCUT2D eigenvalue weighted by molar-refractivity contribution is 0.113. The highest BCUT2D eigenvalue weighted by atomic mass is 19.1. The van der Waals surface area contributed by atoms with Gasteiger partial charge in [-0.1, -0.05) is 69.7 Å². The molecule has 2 saturated carbocycles. The molecule has 4 atom stereocenters. The molecule has 0 heterocycles. The number of unbranched alkanes of at least 4 members (excludes halogenated alkanes) is 3. The van der Waals surface area contributed by atoms with Crippen LogP contribution in [0.1, 0.15) is 101 Å². The van der Waals surface area contributed by atoms with E-state index in [0.29, 0.717) is 5.92 Å². The van der Waals surface area contributed by atoms with Crippen molar-refractivity contribution < 1.29 is 4.39 Å². The molecule has 0 bridgehead atoms. The lowest BCUT2D eigenvalue weighted by atomic mass is 9.63. The minimum Gasteiger partial charge on any atom is -0.206 e. The van der Waals surface area contributed by atoms with E-state index in [1.165, 1.54) is 76.2 Å². The van der Waals surface area contributed by atoms with Gasteiger partial charge in [-0.05, 0) is 97.3 Å². The second-order valence-electron chi connectivity index (χ2n) is 10.4. The second kappa shape index (κ2) is 10.8. The fraction of sp³-hybridized carbons (Fsp3) is 0.600. The van der Waals surface area contributed by atoms with Crippen LogP contribution in [0.25, 0.3) is 10.8 Å². The van der Waals surface area contributed by atoms with Crippen LogP contribution < -0.4 is 0 Å². The Hall–Kier alpha value is -1.63. The van der Waals surface area contributed by atoms with Gasteiger partial charge < -0.3 is 0 Å². The summed E-state index contributed by atoms with van der Waals surface area (Å²) in [4.78, 5) is 0. The standard InChI is InChI=1S/C30H41F/c1-3-5-7-8-10-22-11-12-25-20-26(14-13-24(25)17-22)27-15-16-28-18-23(9-6-4-2)19-30(31)29(28)21-27/h4,15-16,18-19,21-22,24-26H,2-3,5-14,17,20H2,1H3. The Morgan fingerprint density at radius 2 is 1.81 bits per heavy atom. The highest BCUT2D eigenvalue weighted by Gasteiger charge is 2.35. The Bertz CT molecular complexity index is 866. The summed E-state index contributed by atoms with van der Waals surface area (Å²) in [6.45, 7) is 6.08. The molecule has 0 N–H and O–H groups in total. The molecule has 0 aromatic heterocycles. The maximum absolute atomic E-state index is 14.9. The summed E-state index contributed by atoms with van der Waals surface area (Å²) in [6, 6.07) is 10.5. The predicted molar refractivity (Wildman–Crippen MR) is 132 cm³/mol. The Morgan fingerprint density at radius 3 is 2.65 bits per heavy atom. The van der Waals surface area contributed by atoms with Crippen LogP contribution in [0.5, 0.6) is 0 Å². The monoisotopic (exact) mass is 420 g/mol. The molecular formula is C30H41F. The van der Waals surface area contributed by atoms with Gasteiger partial charge in [0.25, 0.3) is 0 Å². The number of halogens is 1. The van der Waals surface area contributed by atoms with Crippen LogP contribution in [0.4, 0.5) is 4.39 Å². The molecular weight excluding hydrogens is 379 g/mol. The third-order valence-corrected chi connectivity index (χ3v) is 8.28. The summed E-state index contributed by atoms with van der Waals surface area (Å²) in [6.07, 6.45) is 19.1. The highest BCUT2D eigenvalue weighted by molar-refractivity contribution is 5.84. The molecule has 2 fully saturated rings. The van der Waals surface area contributed by atoms with E-state index in [-0.39, 0.29) is 5.82 Å². The van der Waals surface area contributed by atoms with Crippen LogP contribution in [0.15, 0.2) is 43.0 Å². The summed E-state index contributed by atoms with van der Waals surface area (Å²) in [5, 5.41) is 1.85. The van der Waals surface area contributed by atoms with Crippen LogP contribution in [-0.4, -0.2) is 0 Å². The normalized spacial score (nSPS) is 26.0. The van der Waals surface area contributed by atoms with Crippen molar-refractivity contribution in [3.05, 3.63) is 59.9 Å². The highest BCUT2D eigenvalue weighted by Crippen LogP contribution is 2.48. The first-order valence-corrected chi connectivity index (χ1v) is 13.0. The Kier molecular flexibility index (Phi) is 7.86. The third-order valence-electron chi connectivity index (χ3n) is 8.28. The first-order valence-electron chi connectivity index (χ1n) is 13.0. The van der Waals surface area contributed by atoms with Gasteiger partial charge in [0.2, 0.25) is 0 Å². The average Bonchev–Trinajstić information content (AvgIpc) is 2.80. The number of aryl methyl sites for hydroxylation is 1. The molecule has 2 aromatic rings. The Morgan fingerprint density at radius 1 is 0.968 bits per heavy atom. The minimum absolute atomic E-state index is 0.0596. The molecule has 31 heavy (non-hydrogen) atoms. The lowest BCUT2D eigenvalue weighted by Crippen LogP contribution is -2.30. The molecule has 0 aliphatic heterocycles. The third kappa shape index (κ3) is 5.60. The van der Waals surface area contributed by atoms with Crippen LogP contribution in [-0.2, 0) is 6.42 Å². The van der Waals surface area contributed by atoms with Gasteiger partial charge in [0, 0.05) is 5.39 Å². The van der Waals surface area contributed by atoms with Crippen molar-refractivity contribution in [1.29, 1.82) is 0 Å². The molecule has 0 spiro atoms. The van der Waals surface area contributed by atoms with E-state index in [4.69, 9.17) is 0 Å². The molecule has 2 aromatic carbocycles. The lowest BCUT2D eigenvalue weighted by Gasteiger charge is -2.42. The minimum atomic E-state index is -0.0596. The van der Waals surface area contributed by atoms with E-state index in [2.05, 4.69) is 37.8 Å². The molecule has 0 radical (unpaired) electrons. The zero-order chi connectivity index (χ0) is 21.6. The van der Waals surface area contributed by atoms with Gasteiger partial charge in [0.05, 0.1) is 0 Å². The molecule has 4 rings (SSSR count). The molecule has 2 aliphatic carbocycles. The van der Waals surface area contributed by atoms with Gasteiger partial charge in [0.15, 0.2) is 0 Å². The maximum Gasteiger partial charge on any atom is 0.131 e. The molecule has 168 valence electrons. The number of rotatable bonds is 9. The van der Waals surface area contributed by atoms with Gasteiger partial charge in [-0.25, -0.2) is 4.39 Å². The van der Waals surface area contributed by atoms with Gasteiger partial charge in [-0.2, -0.15) is 0 Å². The van der Waals surface area contributed by atoms with Crippen molar-refractivity contribution in [3.63, 3.8) is 0 Å². The van der Waals surface area contributed by atoms with Crippen molar-refractivity contribution in [3.8, 4) is 0 Å². The molecule has 0 saturated heterocycles. The van der Waals surface area contributed by atoms with E-state index < -0.39 is 0 Å². The quantitative estimate of drug-likeness (QED) is 0.280. The zero-order valence-corrected chi connectivity index (χ0v) is 19.6. The summed E-state index contributed by atoms with van der Waals surface area (Å²) in [7, 11) is 0. The first kappa shape index (κ1) is 22.6. The van der Waals surface area contributed by atoms with E-state index in [1.807, 2.05) is 6.08 Å². The summed E-state index contributed by atoms with van der Waals surface area (Å²) >= 11 is 0. The number of allylic oxidation sites excluding steroid dienone is 1. The van der Waals surface area contributed by atoms with Gasteiger partial charge in [-0.15, -0.1) is 6.58 Å². The largest absolute Gasteiger partial charge is 0.206 e. The molecule has 1 heteroatoms. The molecule has 4 unspecified atom stereocenters. The van der Waals surface area contributed by atoms with E-state index >= 15 is 0 Å². The SMILES string of the molecule is C=CCCc1cc(F)c2cc(C3CCC4CC(CCCCCC)CCC4C3)ccc2c1. The smallest absolute Gasteiger partial charge is 0.131 e. The summed E-state index contributed by atoms with van der Waals surface area (Å²) < 4.78 is 14.9. The van der Waals surface area contributed by atoms with Crippen LogP contribution >= 0.6 is 0 Å². The van der Waals surface area contributed by atoms with Crippen molar-refractivity contribution in [2.75, 3.05) is 0 Å². The maximum atomic E-state index is 14.9. The molecule has 2 aliphatic rings. The topological polar surface area (TPSA) is 0 Å². The number of hydrogen-bond acceptors (Lipinski definition) is 0. The predicted octanol–water partition coefficient (Wildman–Crippen LogP) is 9.37. The molecule has 0 nitrogen and oxygen atoms in total. The van der Waals surface area contributed by atoms with E-state index in [0.717, 1.165) is 46.9 Å². The fourth-order valence-electron chi connectivity index (χ4n) is 6.47. The molecule has 0 amide bonds. The summed E-state index contributed by atoms with van der Waals surface area (Å²) in [5.41, 5.74) is 2.44. The first-order chi connectivity index (χ1) is 15.2. The van der Waals surface area contributed by atoms with Gasteiger partial charge in [-0.3, -0.25) is 0 Å². The average molecular weight is 421 g/mol. The number of benzene rings is 2. The van der Waals surface area contributed by atoms with Gasteiger partial charge in [0.1, 0.15) is 5.82 Å². The number of fused-ring (bicyclic) bond motifs is 2.